The van der Waals surface area contributed by atoms with Gasteiger partial charge in [-0.05, 0) is 43.9 Å². The van der Waals surface area contributed by atoms with Crippen LogP contribution in [0.2, 0.25) is 0 Å². The van der Waals surface area contributed by atoms with E-state index in [4.69, 9.17) is 4.98 Å². The van der Waals surface area contributed by atoms with Crippen LogP contribution in [0.1, 0.15) is 43.5 Å². The topological polar surface area (TPSA) is 24.9 Å². The summed E-state index contributed by atoms with van der Waals surface area (Å²) in [6.45, 7) is 11.7. The largest absolute Gasteiger partial charge is 0.385 e. The number of benzene rings is 1. The van der Waals surface area contributed by atoms with Gasteiger partial charge in [-0.3, -0.25) is 4.98 Å². The minimum Gasteiger partial charge on any atom is -0.385 e. The van der Waals surface area contributed by atoms with Gasteiger partial charge < -0.3 is 5.32 Å². The molecule has 2 aromatic rings. The fourth-order valence-corrected chi connectivity index (χ4v) is 2.18. The molecule has 0 aliphatic carbocycles. The average Bonchev–Trinajstić information content (AvgIpc) is 2.34. The first-order chi connectivity index (χ1) is 8.54. The van der Waals surface area contributed by atoms with Gasteiger partial charge in [-0.1, -0.05) is 26.0 Å². The van der Waals surface area contributed by atoms with E-state index in [0.29, 0.717) is 5.92 Å². The van der Waals surface area contributed by atoms with Crippen molar-refractivity contribution in [2.24, 2.45) is 0 Å². The van der Waals surface area contributed by atoms with Crippen LogP contribution in [0.25, 0.3) is 10.9 Å². The van der Waals surface area contributed by atoms with Crippen molar-refractivity contribution in [1.82, 2.24) is 4.98 Å². The maximum absolute atomic E-state index is 4.84. The monoisotopic (exact) mass is 242 g/mol. The maximum atomic E-state index is 4.84. The molecule has 2 rings (SSSR count). The van der Waals surface area contributed by atoms with E-state index in [2.05, 4.69) is 58.1 Å². The van der Waals surface area contributed by atoms with Crippen LogP contribution in [0, 0.1) is 13.8 Å². The van der Waals surface area contributed by atoms with E-state index < -0.39 is 0 Å². The van der Waals surface area contributed by atoms with E-state index in [1.165, 1.54) is 22.2 Å². The lowest BCUT2D eigenvalue weighted by Gasteiger charge is -2.15. The molecule has 1 aromatic carbocycles. The third-order valence-electron chi connectivity index (χ3n) is 3.48. The molecule has 0 aliphatic heterocycles. The standard InChI is InChI=1S/C16H22N2/c1-6-17-15-9-14(10(2)3)18-16-12(5)11(4)7-8-13(15)16/h7-10H,6H2,1-5H3,(H,17,18). The summed E-state index contributed by atoms with van der Waals surface area (Å²) in [4.78, 5) is 4.84. The van der Waals surface area contributed by atoms with Gasteiger partial charge in [0.05, 0.1) is 5.52 Å². The Labute approximate surface area is 109 Å². The van der Waals surface area contributed by atoms with E-state index in [-0.39, 0.29) is 0 Å². The Morgan fingerprint density at radius 2 is 1.94 bits per heavy atom. The molecule has 0 radical (unpaired) electrons. The van der Waals surface area contributed by atoms with Crippen LogP contribution in [0.5, 0.6) is 0 Å². The Kier molecular flexibility index (Phi) is 3.55. The van der Waals surface area contributed by atoms with Gasteiger partial charge in [0.2, 0.25) is 0 Å². The third kappa shape index (κ3) is 2.20. The van der Waals surface area contributed by atoms with E-state index in [0.717, 1.165) is 17.8 Å². The lowest BCUT2D eigenvalue weighted by atomic mass is 10.0. The SMILES string of the molecule is CCNc1cc(C(C)C)nc2c(C)c(C)ccc12. The average molecular weight is 242 g/mol. The molecule has 0 spiro atoms. The van der Waals surface area contributed by atoms with Crippen molar-refractivity contribution in [3.8, 4) is 0 Å². The van der Waals surface area contributed by atoms with E-state index in [9.17, 15) is 0 Å². The number of rotatable bonds is 3. The van der Waals surface area contributed by atoms with Crippen LogP contribution in [0.4, 0.5) is 5.69 Å². The lowest BCUT2D eigenvalue weighted by Crippen LogP contribution is -2.03. The molecule has 18 heavy (non-hydrogen) atoms. The summed E-state index contributed by atoms with van der Waals surface area (Å²) in [6.07, 6.45) is 0. The second-order valence-corrected chi connectivity index (χ2v) is 5.18. The molecule has 0 atom stereocenters. The summed E-state index contributed by atoms with van der Waals surface area (Å²) >= 11 is 0. The lowest BCUT2D eigenvalue weighted by molar-refractivity contribution is 0.829. The zero-order chi connectivity index (χ0) is 13.3. The minimum absolute atomic E-state index is 0.451. The molecule has 0 amide bonds. The highest BCUT2D eigenvalue weighted by Gasteiger charge is 2.10. The quantitative estimate of drug-likeness (QED) is 0.862. The number of nitrogens with one attached hydrogen (secondary N) is 1. The molecule has 0 bridgehead atoms. The molecule has 1 heterocycles. The molecule has 0 saturated carbocycles. The number of hydrogen-bond acceptors (Lipinski definition) is 2. The zero-order valence-electron chi connectivity index (χ0n) is 12.0. The van der Waals surface area contributed by atoms with Gasteiger partial charge in [0.1, 0.15) is 0 Å². The molecule has 2 heteroatoms. The molecule has 0 saturated heterocycles. The number of fused-ring (bicyclic) bond motifs is 1. The van der Waals surface area contributed by atoms with Crippen LogP contribution >= 0.6 is 0 Å². The maximum Gasteiger partial charge on any atom is 0.0757 e. The first kappa shape index (κ1) is 12.9. The van der Waals surface area contributed by atoms with Gasteiger partial charge in [0, 0.05) is 23.3 Å². The van der Waals surface area contributed by atoms with Gasteiger partial charge in [0.15, 0.2) is 0 Å². The molecule has 0 fully saturated rings. The number of nitrogens with zero attached hydrogens (tertiary/aromatic N) is 1. The van der Waals surface area contributed by atoms with Crippen molar-refractivity contribution in [2.45, 2.75) is 40.5 Å². The van der Waals surface area contributed by atoms with E-state index >= 15 is 0 Å². The molecular formula is C16H22N2. The fraction of sp³-hybridized carbons (Fsp3) is 0.438. The Morgan fingerprint density at radius 3 is 2.56 bits per heavy atom. The highest BCUT2D eigenvalue weighted by atomic mass is 14.9. The van der Waals surface area contributed by atoms with Crippen molar-refractivity contribution < 1.29 is 0 Å². The Balaban J connectivity index is 2.77. The molecule has 0 aliphatic rings. The van der Waals surface area contributed by atoms with Crippen LogP contribution in [0.15, 0.2) is 18.2 Å². The minimum atomic E-state index is 0.451. The third-order valence-corrected chi connectivity index (χ3v) is 3.48. The number of aryl methyl sites for hydroxylation is 2. The van der Waals surface area contributed by atoms with Crippen molar-refractivity contribution >= 4 is 16.6 Å². The van der Waals surface area contributed by atoms with Gasteiger partial charge in [-0.25, -0.2) is 0 Å². The van der Waals surface area contributed by atoms with Gasteiger partial charge in [-0.15, -0.1) is 0 Å². The first-order valence-corrected chi connectivity index (χ1v) is 6.69. The number of hydrogen-bond donors (Lipinski definition) is 1. The van der Waals surface area contributed by atoms with Crippen molar-refractivity contribution in [3.63, 3.8) is 0 Å². The van der Waals surface area contributed by atoms with Crippen molar-refractivity contribution in [3.05, 3.63) is 35.0 Å². The summed E-state index contributed by atoms with van der Waals surface area (Å²) in [7, 11) is 0. The molecule has 2 nitrogen and oxygen atoms in total. The van der Waals surface area contributed by atoms with Crippen molar-refractivity contribution in [1.29, 1.82) is 0 Å². The molecule has 96 valence electrons. The molecule has 1 N–H and O–H groups in total. The zero-order valence-corrected chi connectivity index (χ0v) is 12.0. The number of anilines is 1. The smallest absolute Gasteiger partial charge is 0.0757 e. The van der Waals surface area contributed by atoms with Crippen LogP contribution in [0.3, 0.4) is 0 Å². The second-order valence-electron chi connectivity index (χ2n) is 5.18. The molecular weight excluding hydrogens is 220 g/mol. The Hall–Kier alpha value is -1.57. The highest BCUT2D eigenvalue weighted by molar-refractivity contribution is 5.94. The predicted molar refractivity (Wildman–Crippen MR) is 79.5 cm³/mol. The summed E-state index contributed by atoms with van der Waals surface area (Å²) < 4.78 is 0. The van der Waals surface area contributed by atoms with Crippen LogP contribution in [-0.2, 0) is 0 Å². The highest BCUT2D eigenvalue weighted by Crippen LogP contribution is 2.29. The van der Waals surface area contributed by atoms with Gasteiger partial charge >= 0.3 is 0 Å². The van der Waals surface area contributed by atoms with E-state index in [1.54, 1.807) is 0 Å². The number of aromatic nitrogens is 1. The molecule has 0 unspecified atom stereocenters. The predicted octanol–water partition coefficient (Wildman–Crippen LogP) is 4.41. The number of pyridine rings is 1. The summed E-state index contributed by atoms with van der Waals surface area (Å²) in [5.74, 6) is 0.451. The normalized spacial score (nSPS) is 11.2. The molecule has 1 aromatic heterocycles. The summed E-state index contributed by atoms with van der Waals surface area (Å²) in [5, 5.41) is 4.68. The second kappa shape index (κ2) is 4.97. The first-order valence-electron chi connectivity index (χ1n) is 6.69. The van der Waals surface area contributed by atoms with Crippen molar-refractivity contribution in [2.75, 3.05) is 11.9 Å². The van der Waals surface area contributed by atoms with Crippen LogP contribution < -0.4 is 5.32 Å². The van der Waals surface area contributed by atoms with E-state index in [1.807, 2.05) is 0 Å². The van der Waals surface area contributed by atoms with Gasteiger partial charge in [0.25, 0.3) is 0 Å². The summed E-state index contributed by atoms with van der Waals surface area (Å²) in [5.41, 5.74) is 6.09. The summed E-state index contributed by atoms with van der Waals surface area (Å²) in [6, 6.07) is 6.53. The van der Waals surface area contributed by atoms with Gasteiger partial charge in [-0.2, -0.15) is 0 Å². The Bertz CT molecular complexity index is 571. The fourth-order valence-electron chi connectivity index (χ4n) is 2.18. The Morgan fingerprint density at radius 1 is 1.22 bits per heavy atom. The van der Waals surface area contributed by atoms with Crippen LogP contribution in [-0.4, -0.2) is 11.5 Å².